The Morgan fingerprint density at radius 3 is 2.59 bits per heavy atom. The third-order valence-corrected chi connectivity index (χ3v) is 6.33. The number of H-pyrrole nitrogens is 1. The second-order valence-corrected chi connectivity index (χ2v) is 9.47. The van der Waals surface area contributed by atoms with Crippen molar-refractivity contribution in [3.8, 4) is 11.3 Å². The smallest absolute Gasteiger partial charge is 0.270 e. The highest BCUT2D eigenvalue weighted by Crippen LogP contribution is 2.51. The van der Waals surface area contributed by atoms with Gasteiger partial charge in [-0.15, -0.1) is 0 Å². The molecule has 1 aromatic heterocycles. The average Bonchev–Trinajstić information content (AvgIpc) is 3.15. The van der Waals surface area contributed by atoms with Gasteiger partial charge in [-0.2, -0.15) is 5.10 Å². The lowest BCUT2D eigenvalue weighted by Crippen LogP contribution is -2.33. The first-order valence-electron chi connectivity index (χ1n) is 10.7. The summed E-state index contributed by atoms with van der Waals surface area (Å²) in [5.74, 6) is 0.506. The van der Waals surface area contributed by atoms with Gasteiger partial charge in [0.25, 0.3) is 5.69 Å². The fraction of sp³-hybridized carbons (Fsp3) is 0.280. The summed E-state index contributed by atoms with van der Waals surface area (Å²) in [7, 11) is 0. The van der Waals surface area contributed by atoms with Crippen molar-refractivity contribution >= 4 is 17.3 Å². The predicted octanol–water partition coefficient (Wildman–Crippen LogP) is 5.49. The van der Waals surface area contributed by atoms with Gasteiger partial charge in [-0.1, -0.05) is 55.8 Å². The van der Waals surface area contributed by atoms with E-state index >= 15 is 0 Å². The van der Waals surface area contributed by atoms with E-state index in [1.165, 1.54) is 12.1 Å². The quantitative estimate of drug-likeness (QED) is 0.424. The van der Waals surface area contributed by atoms with E-state index in [4.69, 9.17) is 0 Å². The van der Waals surface area contributed by atoms with Crippen LogP contribution < -0.4 is 5.32 Å². The van der Waals surface area contributed by atoms with Gasteiger partial charge in [0.2, 0.25) is 0 Å². The number of ketones is 1. The average molecular weight is 428 g/mol. The lowest BCUT2D eigenvalue weighted by Gasteiger charge is -2.38. The summed E-state index contributed by atoms with van der Waals surface area (Å²) < 4.78 is 0. The van der Waals surface area contributed by atoms with Gasteiger partial charge < -0.3 is 5.32 Å². The minimum atomic E-state index is -0.407. The van der Waals surface area contributed by atoms with Crippen LogP contribution in [0.4, 0.5) is 11.5 Å². The third kappa shape index (κ3) is 3.30. The lowest BCUT2D eigenvalue weighted by atomic mass is 9.69. The normalized spacial score (nSPS) is 19.2. The van der Waals surface area contributed by atoms with Crippen molar-refractivity contribution in [3.63, 3.8) is 0 Å². The number of allylic oxidation sites excluding steroid dienone is 2. The second kappa shape index (κ2) is 7.15. The molecule has 1 aliphatic heterocycles. The van der Waals surface area contributed by atoms with Crippen LogP contribution in [0.1, 0.15) is 49.3 Å². The van der Waals surface area contributed by atoms with E-state index in [-0.39, 0.29) is 22.8 Å². The molecule has 1 aliphatic carbocycles. The molecule has 32 heavy (non-hydrogen) atoms. The molecule has 3 aromatic rings. The van der Waals surface area contributed by atoms with Crippen LogP contribution in [0.15, 0.2) is 59.8 Å². The molecule has 0 bridgehead atoms. The van der Waals surface area contributed by atoms with Crippen LogP contribution in [0, 0.1) is 22.5 Å². The molecule has 0 fully saturated rings. The number of aromatic amines is 1. The fourth-order valence-electron chi connectivity index (χ4n) is 4.88. The molecule has 2 N–H and O–H groups in total. The van der Waals surface area contributed by atoms with Crippen LogP contribution in [0.3, 0.4) is 0 Å². The van der Waals surface area contributed by atoms with Gasteiger partial charge in [-0.25, -0.2) is 0 Å². The minimum absolute atomic E-state index is 0.0110. The predicted molar refractivity (Wildman–Crippen MR) is 122 cm³/mol. The van der Waals surface area contributed by atoms with Crippen molar-refractivity contribution in [2.24, 2.45) is 5.41 Å². The molecule has 2 aromatic carbocycles. The van der Waals surface area contributed by atoms with Crippen molar-refractivity contribution < 1.29 is 9.72 Å². The highest BCUT2D eigenvalue weighted by Gasteiger charge is 2.42. The van der Waals surface area contributed by atoms with Crippen LogP contribution in [0.2, 0.25) is 0 Å². The SMILES string of the molecule is Cc1ccc(C2C3=C(CC(C)(C)CC3=O)Nc3n[nH]c(-c4cccc([N+](=O)[O-])c4)c32)cc1. The first-order chi connectivity index (χ1) is 15.2. The van der Waals surface area contributed by atoms with E-state index in [2.05, 4.69) is 41.5 Å². The first kappa shape index (κ1) is 20.2. The summed E-state index contributed by atoms with van der Waals surface area (Å²) in [5.41, 5.74) is 5.92. The van der Waals surface area contributed by atoms with Crippen molar-refractivity contribution in [2.45, 2.75) is 39.5 Å². The number of fused-ring (bicyclic) bond motifs is 1. The number of Topliss-reactive ketones (excluding diaryl/α,β-unsaturated/α-hetero) is 1. The molecule has 2 heterocycles. The number of anilines is 1. The third-order valence-electron chi connectivity index (χ3n) is 6.33. The number of non-ortho nitro benzene ring substituents is 1. The van der Waals surface area contributed by atoms with Gasteiger partial charge in [-0.3, -0.25) is 20.0 Å². The molecular formula is C25H24N4O3. The van der Waals surface area contributed by atoms with Gasteiger partial charge >= 0.3 is 0 Å². The molecule has 0 saturated heterocycles. The Bertz CT molecular complexity index is 1280. The van der Waals surface area contributed by atoms with Crippen LogP contribution >= 0.6 is 0 Å². The number of carbonyl (C=O) groups excluding carboxylic acids is 1. The Labute approximate surface area is 185 Å². The zero-order valence-corrected chi connectivity index (χ0v) is 18.2. The number of carbonyl (C=O) groups is 1. The monoisotopic (exact) mass is 428 g/mol. The number of hydrogen-bond acceptors (Lipinski definition) is 5. The molecule has 7 heteroatoms. The number of nitrogens with zero attached hydrogens (tertiary/aromatic N) is 2. The van der Waals surface area contributed by atoms with Crippen molar-refractivity contribution in [1.29, 1.82) is 0 Å². The van der Waals surface area contributed by atoms with Gasteiger partial charge in [0.15, 0.2) is 11.6 Å². The maximum absolute atomic E-state index is 13.4. The number of aryl methyl sites for hydroxylation is 1. The maximum Gasteiger partial charge on any atom is 0.270 e. The standard InChI is InChI=1S/C25H24N4O3/c1-14-7-9-15(10-8-14)20-21-18(12-25(2,3)13-19(21)30)26-24-22(20)23(27-28-24)16-5-4-6-17(11-16)29(31)32/h4-11,20H,12-13H2,1-3H3,(H2,26,27,28). The number of hydrogen-bond donors (Lipinski definition) is 2. The summed E-state index contributed by atoms with van der Waals surface area (Å²) >= 11 is 0. The molecule has 1 atom stereocenters. The van der Waals surface area contributed by atoms with Gasteiger partial charge in [-0.05, 0) is 24.3 Å². The molecule has 0 amide bonds. The zero-order valence-electron chi connectivity index (χ0n) is 18.2. The van der Waals surface area contributed by atoms with Crippen LogP contribution in [0.5, 0.6) is 0 Å². The topological polar surface area (TPSA) is 101 Å². The number of rotatable bonds is 3. The summed E-state index contributed by atoms with van der Waals surface area (Å²) in [5, 5.41) is 22.3. The highest BCUT2D eigenvalue weighted by atomic mass is 16.6. The molecule has 1 unspecified atom stereocenters. The van der Waals surface area contributed by atoms with Gasteiger partial charge in [0.1, 0.15) is 0 Å². The molecule has 162 valence electrons. The molecule has 0 saturated carbocycles. The Morgan fingerprint density at radius 1 is 1.12 bits per heavy atom. The summed E-state index contributed by atoms with van der Waals surface area (Å²) in [4.78, 5) is 24.3. The number of nitrogens with one attached hydrogen (secondary N) is 2. The number of nitro benzene ring substituents is 1. The van der Waals surface area contributed by atoms with E-state index in [1.54, 1.807) is 6.07 Å². The second-order valence-electron chi connectivity index (χ2n) is 9.47. The molecule has 0 radical (unpaired) electrons. The Hall–Kier alpha value is -3.74. The first-order valence-corrected chi connectivity index (χ1v) is 10.7. The van der Waals surface area contributed by atoms with Gasteiger partial charge in [0.05, 0.1) is 10.6 Å². The van der Waals surface area contributed by atoms with Crippen LogP contribution in [0.25, 0.3) is 11.3 Å². The number of aromatic nitrogens is 2. The highest BCUT2D eigenvalue weighted by molar-refractivity contribution is 6.02. The van der Waals surface area contributed by atoms with E-state index in [1.807, 2.05) is 25.1 Å². The van der Waals surface area contributed by atoms with E-state index in [0.717, 1.165) is 34.4 Å². The molecule has 7 nitrogen and oxygen atoms in total. The number of benzene rings is 2. The summed E-state index contributed by atoms with van der Waals surface area (Å²) in [6.07, 6.45) is 1.24. The van der Waals surface area contributed by atoms with Crippen molar-refractivity contribution in [1.82, 2.24) is 10.2 Å². The minimum Gasteiger partial charge on any atom is -0.342 e. The lowest BCUT2D eigenvalue weighted by molar-refractivity contribution is -0.384. The maximum atomic E-state index is 13.4. The summed E-state index contributed by atoms with van der Waals surface area (Å²) in [6, 6.07) is 14.7. The van der Waals surface area contributed by atoms with E-state index < -0.39 is 4.92 Å². The van der Waals surface area contributed by atoms with E-state index in [9.17, 15) is 14.9 Å². The Balaban J connectivity index is 1.73. The molecular weight excluding hydrogens is 404 g/mol. The zero-order chi connectivity index (χ0) is 22.6. The van der Waals surface area contributed by atoms with Crippen molar-refractivity contribution in [2.75, 3.05) is 5.32 Å². The largest absolute Gasteiger partial charge is 0.342 e. The van der Waals surface area contributed by atoms with E-state index in [0.29, 0.717) is 23.5 Å². The van der Waals surface area contributed by atoms with Gasteiger partial charge in [0, 0.05) is 46.9 Å². The van der Waals surface area contributed by atoms with Crippen molar-refractivity contribution in [3.05, 3.63) is 86.6 Å². The van der Waals surface area contributed by atoms with Crippen LogP contribution in [-0.2, 0) is 4.79 Å². The molecule has 0 spiro atoms. The Kier molecular flexibility index (Phi) is 4.51. The summed E-state index contributed by atoms with van der Waals surface area (Å²) in [6.45, 7) is 6.24. The number of nitro groups is 1. The molecule has 2 aliphatic rings. The fourth-order valence-corrected chi connectivity index (χ4v) is 4.88. The van der Waals surface area contributed by atoms with Crippen LogP contribution in [-0.4, -0.2) is 20.9 Å². The molecule has 5 rings (SSSR count). The Morgan fingerprint density at radius 2 is 1.88 bits per heavy atom.